The first-order chi connectivity index (χ1) is 11.4. The van der Waals surface area contributed by atoms with Crippen molar-refractivity contribution in [1.82, 2.24) is 4.57 Å². The number of nitro benzene ring substituents is 1. The number of oxazole rings is 1. The molecule has 3 rings (SSSR count). The highest BCUT2D eigenvalue weighted by Gasteiger charge is 2.16. The van der Waals surface area contributed by atoms with E-state index in [9.17, 15) is 19.7 Å². The third-order valence-corrected chi connectivity index (χ3v) is 3.51. The van der Waals surface area contributed by atoms with Crippen LogP contribution < -0.4 is 11.1 Å². The summed E-state index contributed by atoms with van der Waals surface area (Å²) < 4.78 is 6.06. The van der Waals surface area contributed by atoms with Gasteiger partial charge >= 0.3 is 5.76 Å². The van der Waals surface area contributed by atoms with Crippen LogP contribution in [0.3, 0.4) is 0 Å². The van der Waals surface area contributed by atoms with Crippen LogP contribution in [-0.4, -0.2) is 15.4 Å². The molecule has 1 aromatic heterocycles. The molecule has 1 amide bonds. The standard InChI is InChI=1S/C15H10ClN3O5/c16-9-2-1-3-10(6-9)17-14(20)8-18-12-5-4-11(19(22)23)7-13(12)24-15(18)21/h1-7H,8H2,(H,17,20). The maximum atomic E-state index is 12.1. The van der Waals surface area contributed by atoms with Gasteiger partial charge in [-0.05, 0) is 24.3 Å². The number of rotatable bonds is 4. The molecule has 3 aromatic rings. The number of carbonyl (C=O) groups excluding carboxylic acids is 1. The van der Waals surface area contributed by atoms with E-state index in [1.165, 1.54) is 12.1 Å². The van der Waals surface area contributed by atoms with E-state index in [-0.39, 0.29) is 17.8 Å². The Labute approximate surface area is 139 Å². The predicted octanol–water partition coefficient (Wildman–Crippen LogP) is 2.79. The molecule has 0 aliphatic heterocycles. The monoisotopic (exact) mass is 347 g/mol. The highest BCUT2D eigenvalue weighted by atomic mass is 35.5. The minimum atomic E-state index is -0.772. The number of nitrogens with zero attached hydrogens (tertiary/aromatic N) is 2. The lowest BCUT2D eigenvalue weighted by Gasteiger charge is -2.06. The summed E-state index contributed by atoms with van der Waals surface area (Å²) in [5, 5.41) is 13.8. The van der Waals surface area contributed by atoms with Gasteiger partial charge in [0.25, 0.3) is 5.69 Å². The Morgan fingerprint density at radius 3 is 2.79 bits per heavy atom. The van der Waals surface area contributed by atoms with Gasteiger partial charge in [0.2, 0.25) is 5.91 Å². The van der Waals surface area contributed by atoms with Crippen LogP contribution in [0.1, 0.15) is 0 Å². The molecule has 0 saturated heterocycles. The van der Waals surface area contributed by atoms with Crippen LogP contribution in [0.25, 0.3) is 11.1 Å². The van der Waals surface area contributed by atoms with Crippen molar-refractivity contribution in [2.45, 2.75) is 6.54 Å². The molecule has 0 aliphatic carbocycles. The van der Waals surface area contributed by atoms with Crippen LogP contribution in [0.15, 0.2) is 51.7 Å². The Bertz CT molecular complexity index is 1010. The molecule has 0 bridgehead atoms. The van der Waals surface area contributed by atoms with Gasteiger partial charge in [0, 0.05) is 16.8 Å². The number of hydrogen-bond acceptors (Lipinski definition) is 5. The van der Waals surface area contributed by atoms with Crippen molar-refractivity contribution in [2.75, 3.05) is 5.32 Å². The Kier molecular flexibility index (Phi) is 4.05. The summed E-state index contributed by atoms with van der Waals surface area (Å²) in [7, 11) is 0. The maximum Gasteiger partial charge on any atom is 0.420 e. The van der Waals surface area contributed by atoms with Crippen molar-refractivity contribution in [3.05, 3.63) is 68.2 Å². The van der Waals surface area contributed by atoms with Crippen molar-refractivity contribution in [3.63, 3.8) is 0 Å². The fourth-order valence-electron chi connectivity index (χ4n) is 2.23. The van der Waals surface area contributed by atoms with Gasteiger partial charge in [0.1, 0.15) is 6.54 Å². The first-order valence-electron chi connectivity index (χ1n) is 6.77. The zero-order chi connectivity index (χ0) is 17.3. The molecule has 0 spiro atoms. The average Bonchev–Trinajstić information content (AvgIpc) is 2.82. The Hall–Kier alpha value is -3.13. The number of amides is 1. The second-order valence-electron chi connectivity index (χ2n) is 4.92. The molecule has 0 radical (unpaired) electrons. The van der Waals surface area contributed by atoms with Gasteiger partial charge in [-0.1, -0.05) is 17.7 Å². The first-order valence-corrected chi connectivity index (χ1v) is 7.15. The second kappa shape index (κ2) is 6.17. The second-order valence-corrected chi connectivity index (χ2v) is 5.36. The Balaban J connectivity index is 1.87. The number of nitrogens with one attached hydrogen (secondary N) is 1. The summed E-state index contributed by atoms with van der Waals surface area (Å²) in [5.41, 5.74) is 0.632. The molecular weight excluding hydrogens is 338 g/mol. The molecule has 1 N–H and O–H groups in total. The maximum absolute atomic E-state index is 12.1. The topological polar surface area (TPSA) is 107 Å². The third kappa shape index (κ3) is 3.13. The Morgan fingerprint density at radius 1 is 1.29 bits per heavy atom. The van der Waals surface area contributed by atoms with Gasteiger partial charge in [0.05, 0.1) is 16.5 Å². The minimum Gasteiger partial charge on any atom is -0.407 e. The number of nitro groups is 1. The number of halogens is 1. The van der Waals surface area contributed by atoms with Gasteiger partial charge in [-0.3, -0.25) is 19.5 Å². The first kappa shape index (κ1) is 15.8. The lowest BCUT2D eigenvalue weighted by atomic mass is 10.3. The highest BCUT2D eigenvalue weighted by molar-refractivity contribution is 6.30. The molecule has 2 aromatic carbocycles. The lowest BCUT2D eigenvalue weighted by Crippen LogP contribution is -2.24. The number of carbonyl (C=O) groups is 1. The number of hydrogen-bond donors (Lipinski definition) is 1. The quantitative estimate of drug-likeness (QED) is 0.576. The fourth-order valence-corrected chi connectivity index (χ4v) is 2.42. The number of non-ortho nitro benzene ring substituents is 1. The molecule has 122 valence electrons. The number of aromatic nitrogens is 1. The summed E-state index contributed by atoms with van der Waals surface area (Å²) >= 11 is 5.84. The molecule has 9 heteroatoms. The van der Waals surface area contributed by atoms with E-state index in [1.54, 1.807) is 24.3 Å². The van der Waals surface area contributed by atoms with Crippen LogP contribution in [0, 0.1) is 10.1 Å². The van der Waals surface area contributed by atoms with Crippen molar-refractivity contribution in [3.8, 4) is 0 Å². The van der Waals surface area contributed by atoms with E-state index < -0.39 is 16.6 Å². The van der Waals surface area contributed by atoms with E-state index >= 15 is 0 Å². The molecule has 8 nitrogen and oxygen atoms in total. The van der Waals surface area contributed by atoms with Gasteiger partial charge in [0.15, 0.2) is 5.58 Å². The molecule has 0 unspecified atom stereocenters. The van der Waals surface area contributed by atoms with Gasteiger partial charge in [-0.25, -0.2) is 4.79 Å². The lowest BCUT2D eigenvalue weighted by molar-refractivity contribution is -0.384. The largest absolute Gasteiger partial charge is 0.420 e. The summed E-state index contributed by atoms with van der Waals surface area (Å²) in [6, 6.07) is 10.3. The van der Waals surface area contributed by atoms with Crippen LogP contribution in [-0.2, 0) is 11.3 Å². The van der Waals surface area contributed by atoms with E-state index in [4.69, 9.17) is 16.0 Å². The van der Waals surface area contributed by atoms with Gasteiger partial charge in [-0.15, -0.1) is 0 Å². The number of benzene rings is 2. The van der Waals surface area contributed by atoms with Gasteiger partial charge < -0.3 is 9.73 Å². The van der Waals surface area contributed by atoms with Crippen molar-refractivity contribution in [2.24, 2.45) is 0 Å². The van der Waals surface area contributed by atoms with E-state index in [0.717, 1.165) is 10.6 Å². The summed E-state index contributed by atoms with van der Waals surface area (Å²) in [4.78, 5) is 34.1. The zero-order valence-electron chi connectivity index (χ0n) is 12.1. The molecule has 0 aliphatic rings. The third-order valence-electron chi connectivity index (χ3n) is 3.27. The predicted molar refractivity (Wildman–Crippen MR) is 87.2 cm³/mol. The molecule has 0 fully saturated rings. The van der Waals surface area contributed by atoms with Crippen LogP contribution >= 0.6 is 11.6 Å². The van der Waals surface area contributed by atoms with Crippen molar-refractivity contribution >= 4 is 40.0 Å². The van der Waals surface area contributed by atoms with E-state index in [1.807, 2.05) is 0 Å². The minimum absolute atomic E-state index is 0.0461. The molecule has 0 atom stereocenters. The summed E-state index contributed by atoms with van der Waals surface area (Å²) in [6.07, 6.45) is 0. The Morgan fingerprint density at radius 2 is 2.08 bits per heavy atom. The summed E-state index contributed by atoms with van der Waals surface area (Å²) in [5.74, 6) is -1.23. The smallest absolute Gasteiger partial charge is 0.407 e. The van der Waals surface area contributed by atoms with Crippen LogP contribution in [0.4, 0.5) is 11.4 Å². The van der Waals surface area contributed by atoms with Crippen molar-refractivity contribution < 1.29 is 14.1 Å². The molecule has 24 heavy (non-hydrogen) atoms. The molecule has 1 heterocycles. The zero-order valence-corrected chi connectivity index (χ0v) is 12.8. The molecule has 0 saturated carbocycles. The van der Waals surface area contributed by atoms with Crippen LogP contribution in [0.5, 0.6) is 0 Å². The highest BCUT2D eigenvalue weighted by Crippen LogP contribution is 2.20. The summed E-state index contributed by atoms with van der Waals surface area (Å²) in [6.45, 7) is -0.295. The number of anilines is 1. The normalized spacial score (nSPS) is 10.7. The fraction of sp³-hybridized carbons (Fsp3) is 0.0667. The SMILES string of the molecule is O=C(Cn1c(=O)oc2cc([N+](=O)[O-])ccc21)Nc1cccc(Cl)c1. The average molecular weight is 348 g/mol. The van der Waals surface area contributed by atoms with E-state index in [0.29, 0.717) is 16.2 Å². The van der Waals surface area contributed by atoms with E-state index in [2.05, 4.69) is 5.32 Å². The number of fused-ring (bicyclic) bond motifs is 1. The van der Waals surface area contributed by atoms with Crippen LogP contribution in [0.2, 0.25) is 5.02 Å². The molecular formula is C15H10ClN3O5. The van der Waals surface area contributed by atoms with Gasteiger partial charge in [-0.2, -0.15) is 0 Å². The van der Waals surface area contributed by atoms with Crippen molar-refractivity contribution in [1.29, 1.82) is 0 Å².